The van der Waals surface area contributed by atoms with Gasteiger partial charge in [0.25, 0.3) is 0 Å². The van der Waals surface area contributed by atoms with Gasteiger partial charge >= 0.3 is 0 Å². The molecule has 0 aliphatic heterocycles. The number of nitrogens with one attached hydrogen (secondary N) is 1. The molecule has 5 heteroatoms. The fourth-order valence-corrected chi connectivity index (χ4v) is 1.95. The van der Waals surface area contributed by atoms with Crippen molar-refractivity contribution in [2.24, 2.45) is 0 Å². The maximum Gasteiger partial charge on any atom is 0.212 e. The van der Waals surface area contributed by atoms with E-state index in [-0.39, 0.29) is 6.61 Å². The second kappa shape index (κ2) is 7.50. The van der Waals surface area contributed by atoms with Crippen LogP contribution in [0.25, 0.3) is 0 Å². The van der Waals surface area contributed by atoms with Crippen molar-refractivity contribution in [3.05, 3.63) is 47.7 Å². The van der Waals surface area contributed by atoms with Gasteiger partial charge in [-0.2, -0.15) is 0 Å². The highest BCUT2D eigenvalue weighted by Crippen LogP contribution is 2.23. The summed E-state index contributed by atoms with van der Waals surface area (Å²) in [6.07, 6.45) is 1.77. The Morgan fingerprint density at radius 3 is 2.71 bits per heavy atom. The van der Waals surface area contributed by atoms with Crippen LogP contribution in [0.15, 0.2) is 36.5 Å². The third kappa shape index (κ3) is 4.10. The number of hydrogen-bond donors (Lipinski definition) is 2. The van der Waals surface area contributed by atoms with E-state index in [1.807, 2.05) is 37.3 Å². The molecular formula is C16H20N2O3. The van der Waals surface area contributed by atoms with Gasteiger partial charge in [-0.1, -0.05) is 6.07 Å². The molecule has 1 heterocycles. The van der Waals surface area contributed by atoms with Crippen LogP contribution in [0.5, 0.6) is 11.6 Å². The lowest BCUT2D eigenvalue weighted by Crippen LogP contribution is -2.02. The number of aromatic nitrogens is 1. The number of anilines is 1. The van der Waals surface area contributed by atoms with Gasteiger partial charge in [-0.15, -0.1) is 0 Å². The highest BCUT2D eigenvalue weighted by atomic mass is 16.5. The van der Waals surface area contributed by atoms with Crippen molar-refractivity contribution < 1.29 is 14.6 Å². The molecule has 21 heavy (non-hydrogen) atoms. The minimum atomic E-state index is -0.0467. The van der Waals surface area contributed by atoms with E-state index in [1.54, 1.807) is 13.3 Å². The van der Waals surface area contributed by atoms with Crippen LogP contribution in [0.4, 0.5) is 5.69 Å². The van der Waals surface area contributed by atoms with Gasteiger partial charge in [0, 0.05) is 30.1 Å². The van der Waals surface area contributed by atoms with E-state index in [1.165, 1.54) is 0 Å². The van der Waals surface area contributed by atoms with Gasteiger partial charge in [-0.3, -0.25) is 0 Å². The maximum atomic E-state index is 9.38. The summed E-state index contributed by atoms with van der Waals surface area (Å²) in [5.41, 5.74) is 2.75. The topological polar surface area (TPSA) is 63.6 Å². The predicted molar refractivity (Wildman–Crippen MR) is 81.6 cm³/mol. The highest BCUT2D eigenvalue weighted by Gasteiger charge is 2.04. The van der Waals surface area contributed by atoms with E-state index in [0.717, 1.165) is 22.6 Å². The number of aliphatic hydroxyl groups excluding tert-OH is 1. The van der Waals surface area contributed by atoms with Crippen molar-refractivity contribution in [1.82, 2.24) is 4.98 Å². The largest absolute Gasteiger partial charge is 0.494 e. The van der Waals surface area contributed by atoms with E-state index >= 15 is 0 Å². The molecule has 0 spiro atoms. The maximum absolute atomic E-state index is 9.38. The number of ether oxygens (including phenoxy) is 2. The average molecular weight is 288 g/mol. The van der Waals surface area contributed by atoms with Crippen LogP contribution in [0.2, 0.25) is 0 Å². The Hall–Kier alpha value is -2.27. The van der Waals surface area contributed by atoms with Crippen molar-refractivity contribution in [3.63, 3.8) is 0 Å². The zero-order valence-electron chi connectivity index (χ0n) is 12.3. The molecule has 0 radical (unpaired) electrons. The Labute approximate surface area is 124 Å². The van der Waals surface area contributed by atoms with Crippen LogP contribution in [0, 0.1) is 0 Å². The van der Waals surface area contributed by atoms with E-state index in [9.17, 15) is 5.11 Å². The second-order valence-electron chi connectivity index (χ2n) is 4.48. The number of pyridine rings is 1. The van der Waals surface area contributed by atoms with Crippen molar-refractivity contribution in [2.75, 3.05) is 19.0 Å². The first kappa shape index (κ1) is 15.1. The molecule has 0 saturated carbocycles. The highest BCUT2D eigenvalue weighted by molar-refractivity contribution is 5.51. The van der Waals surface area contributed by atoms with E-state index in [2.05, 4.69) is 10.3 Å². The number of nitrogens with zero attached hydrogens (tertiary/aromatic N) is 1. The third-order valence-electron chi connectivity index (χ3n) is 3.03. The molecule has 2 N–H and O–H groups in total. The average Bonchev–Trinajstić information content (AvgIpc) is 2.54. The predicted octanol–water partition coefficient (Wildman–Crippen LogP) is 2.59. The first-order valence-corrected chi connectivity index (χ1v) is 6.86. The molecule has 112 valence electrons. The molecule has 5 nitrogen and oxygen atoms in total. The molecule has 1 aromatic heterocycles. The summed E-state index contributed by atoms with van der Waals surface area (Å²) in [7, 11) is 1.59. The van der Waals surface area contributed by atoms with Crippen LogP contribution in [-0.2, 0) is 13.2 Å². The number of aliphatic hydroxyl groups is 1. The SMILES string of the molecule is CCOc1ccc(NCc2ccc(OC)nc2)cc1CO. The number of methoxy groups -OCH3 is 1. The number of rotatable bonds is 7. The second-order valence-corrected chi connectivity index (χ2v) is 4.48. The van der Waals surface area contributed by atoms with Crippen LogP contribution in [0.1, 0.15) is 18.1 Å². The molecule has 1 aromatic carbocycles. The van der Waals surface area contributed by atoms with Gasteiger partial charge in [-0.25, -0.2) is 4.98 Å². The molecule has 0 saturated heterocycles. The quantitative estimate of drug-likeness (QED) is 0.820. The lowest BCUT2D eigenvalue weighted by atomic mass is 10.2. The molecule has 2 rings (SSSR count). The summed E-state index contributed by atoms with van der Waals surface area (Å²) in [5.74, 6) is 1.32. The fourth-order valence-electron chi connectivity index (χ4n) is 1.95. The monoisotopic (exact) mass is 288 g/mol. The standard InChI is InChI=1S/C16H20N2O3/c1-3-21-15-6-5-14(8-13(15)11-19)17-9-12-4-7-16(20-2)18-10-12/h4-8,10,17,19H,3,9,11H2,1-2H3. The Balaban J connectivity index is 2.01. The van der Waals surface area contributed by atoms with Gasteiger partial charge < -0.3 is 19.9 Å². The molecule has 2 aromatic rings. The summed E-state index contributed by atoms with van der Waals surface area (Å²) in [4.78, 5) is 4.16. The first-order chi connectivity index (χ1) is 10.3. The molecule has 0 aliphatic rings. The van der Waals surface area contributed by atoms with Gasteiger partial charge in [0.05, 0.1) is 20.3 Å². The zero-order chi connectivity index (χ0) is 15.1. The summed E-state index contributed by atoms with van der Waals surface area (Å²) in [5, 5.41) is 12.7. The minimum absolute atomic E-state index is 0.0467. The van der Waals surface area contributed by atoms with Crippen LogP contribution < -0.4 is 14.8 Å². The number of hydrogen-bond acceptors (Lipinski definition) is 5. The first-order valence-electron chi connectivity index (χ1n) is 6.86. The zero-order valence-corrected chi connectivity index (χ0v) is 12.3. The van der Waals surface area contributed by atoms with Crippen LogP contribution in [-0.4, -0.2) is 23.8 Å². The van der Waals surface area contributed by atoms with Crippen molar-refractivity contribution in [3.8, 4) is 11.6 Å². The summed E-state index contributed by atoms with van der Waals surface area (Å²) < 4.78 is 10.5. The van der Waals surface area contributed by atoms with Crippen LogP contribution >= 0.6 is 0 Å². The molecule has 0 amide bonds. The van der Waals surface area contributed by atoms with Crippen molar-refractivity contribution in [1.29, 1.82) is 0 Å². The Bertz CT molecular complexity index is 570. The fraction of sp³-hybridized carbons (Fsp3) is 0.312. The molecular weight excluding hydrogens is 268 g/mol. The Morgan fingerprint density at radius 1 is 1.24 bits per heavy atom. The normalized spacial score (nSPS) is 10.2. The van der Waals surface area contributed by atoms with Gasteiger partial charge in [-0.05, 0) is 30.7 Å². The van der Waals surface area contributed by atoms with Gasteiger partial charge in [0.15, 0.2) is 0 Å². The Kier molecular flexibility index (Phi) is 5.40. The Morgan fingerprint density at radius 2 is 2.10 bits per heavy atom. The van der Waals surface area contributed by atoms with Gasteiger partial charge in [0.2, 0.25) is 5.88 Å². The summed E-state index contributed by atoms with van der Waals surface area (Å²) in [6, 6.07) is 9.47. The lowest BCUT2D eigenvalue weighted by Gasteiger charge is -2.12. The molecule has 0 fully saturated rings. The molecule has 0 bridgehead atoms. The summed E-state index contributed by atoms with van der Waals surface area (Å²) in [6.45, 7) is 3.10. The van der Waals surface area contributed by atoms with E-state index in [4.69, 9.17) is 9.47 Å². The molecule has 0 aliphatic carbocycles. The van der Waals surface area contributed by atoms with Crippen LogP contribution in [0.3, 0.4) is 0 Å². The minimum Gasteiger partial charge on any atom is -0.494 e. The van der Waals surface area contributed by atoms with E-state index < -0.39 is 0 Å². The lowest BCUT2D eigenvalue weighted by molar-refractivity contribution is 0.267. The third-order valence-corrected chi connectivity index (χ3v) is 3.03. The molecule has 0 unspecified atom stereocenters. The smallest absolute Gasteiger partial charge is 0.212 e. The van der Waals surface area contributed by atoms with E-state index in [0.29, 0.717) is 19.0 Å². The van der Waals surface area contributed by atoms with Gasteiger partial charge in [0.1, 0.15) is 5.75 Å². The summed E-state index contributed by atoms with van der Waals surface area (Å²) >= 11 is 0. The number of benzene rings is 1. The van der Waals surface area contributed by atoms with Crippen molar-refractivity contribution >= 4 is 5.69 Å². The molecule has 0 atom stereocenters. The van der Waals surface area contributed by atoms with Crippen molar-refractivity contribution in [2.45, 2.75) is 20.1 Å².